The van der Waals surface area contributed by atoms with E-state index in [0.717, 1.165) is 17.7 Å². The van der Waals surface area contributed by atoms with Crippen LogP contribution in [-0.2, 0) is 9.84 Å². The van der Waals surface area contributed by atoms with Gasteiger partial charge in [-0.25, -0.2) is 12.8 Å². The van der Waals surface area contributed by atoms with Gasteiger partial charge in [-0.1, -0.05) is 17.7 Å². The maximum atomic E-state index is 13.1. The second-order valence-corrected chi connectivity index (χ2v) is 7.71. The van der Waals surface area contributed by atoms with E-state index in [9.17, 15) is 12.8 Å². The van der Waals surface area contributed by atoms with Gasteiger partial charge in [0.1, 0.15) is 5.82 Å². The summed E-state index contributed by atoms with van der Waals surface area (Å²) in [6.07, 6.45) is 0. The van der Waals surface area contributed by atoms with Crippen molar-refractivity contribution in [2.75, 3.05) is 19.0 Å². The molecule has 0 unspecified atom stereocenters. The quantitative estimate of drug-likeness (QED) is 0.664. The number of benzene rings is 2. The van der Waals surface area contributed by atoms with Crippen molar-refractivity contribution in [1.82, 2.24) is 4.98 Å². The lowest BCUT2D eigenvalue weighted by Gasteiger charge is -2.10. The molecule has 0 aliphatic rings. The van der Waals surface area contributed by atoms with E-state index >= 15 is 0 Å². The van der Waals surface area contributed by atoms with E-state index in [1.54, 1.807) is 19.0 Å². The fourth-order valence-electron chi connectivity index (χ4n) is 2.30. The van der Waals surface area contributed by atoms with Gasteiger partial charge in [-0.2, -0.15) is 4.98 Å². The zero-order valence-electron chi connectivity index (χ0n) is 14.0. The third kappa shape index (κ3) is 3.28. The van der Waals surface area contributed by atoms with E-state index < -0.39 is 15.7 Å². The fourth-order valence-corrected chi connectivity index (χ4v) is 3.68. The Labute approximate surface area is 145 Å². The Morgan fingerprint density at radius 2 is 1.60 bits per heavy atom. The first-order valence-electron chi connectivity index (χ1n) is 7.55. The third-order valence-corrected chi connectivity index (χ3v) is 5.33. The number of rotatable bonds is 4. The van der Waals surface area contributed by atoms with Crippen LogP contribution in [0.1, 0.15) is 5.56 Å². The summed E-state index contributed by atoms with van der Waals surface area (Å²) in [5.41, 5.74) is 1.75. The Balaban J connectivity index is 2.14. The number of oxazole rings is 1. The zero-order chi connectivity index (χ0) is 18.2. The van der Waals surface area contributed by atoms with E-state index in [1.165, 1.54) is 12.1 Å². The van der Waals surface area contributed by atoms with Crippen molar-refractivity contribution in [3.63, 3.8) is 0 Å². The van der Waals surface area contributed by atoms with Crippen LogP contribution in [0.2, 0.25) is 0 Å². The molecule has 0 fully saturated rings. The van der Waals surface area contributed by atoms with Gasteiger partial charge in [-0.15, -0.1) is 0 Å². The van der Waals surface area contributed by atoms with Gasteiger partial charge in [0.2, 0.25) is 26.6 Å². The maximum Gasteiger partial charge on any atom is 0.235 e. The summed E-state index contributed by atoms with van der Waals surface area (Å²) in [6.45, 7) is 1.95. The number of hydrogen-bond acceptors (Lipinski definition) is 5. The fraction of sp³-hybridized carbons (Fsp3) is 0.167. The van der Waals surface area contributed by atoms with Gasteiger partial charge in [0.25, 0.3) is 0 Å². The number of aromatic nitrogens is 1. The highest BCUT2D eigenvalue weighted by atomic mass is 32.2. The lowest BCUT2D eigenvalue weighted by Crippen LogP contribution is -2.13. The molecule has 0 radical (unpaired) electrons. The van der Waals surface area contributed by atoms with Crippen LogP contribution in [0.4, 0.5) is 10.3 Å². The monoisotopic (exact) mass is 360 g/mol. The molecular weight excluding hydrogens is 343 g/mol. The molecule has 0 N–H and O–H groups in total. The summed E-state index contributed by atoms with van der Waals surface area (Å²) < 4.78 is 44.6. The van der Waals surface area contributed by atoms with Crippen molar-refractivity contribution in [2.24, 2.45) is 0 Å². The lowest BCUT2D eigenvalue weighted by atomic mass is 10.1. The number of halogens is 1. The second-order valence-electron chi connectivity index (χ2n) is 5.85. The van der Waals surface area contributed by atoms with Gasteiger partial charge in [0.05, 0.1) is 4.90 Å². The van der Waals surface area contributed by atoms with Crippen molar-refractivity contribution in [2.45, 2.75) is 16.8 Å². The minimum atomic E-state index is -3.94. The van der Waals surface area contributed by atoms with Crippen LogP contribution in [0.5, 0.6) is 0 Å². The second kappa shape index (κ2) is 6.33. The highest BCUT2D eigenvalue weighted by Gasteiger charge is 2.29. The standard InChI is InChI=1S/C18H17FN2O3S/c1-12-4-6-13(7-5-12)16-20-17(18(24-16)21(2)3)25(22,23)15-10-8-14(19)9-11-15/h4-11H,1-3H3. The first-order valence-corrected chi connectivity index (χ1v) is 9.03. The first-order chi connectivity index (χ1) is 11.8. The molecule has 0 amide bonds. The molecule has 5 nitrogen and oxygen atoms in total. The van der Waals surface area contributed by atoms with E-state index in [0.29, 0.717) is 5.56 Å². The van der Waals surface area contributed by atoms with Crippen molar-refractivity contribution >= 4 is 15.7 Å². The molecule has 1 aromatic heterocycles. The molecule has 0 spiro atoms. The number of anilines is 1. The van der Waals surface area contributed by atoms with Crippen LogP contribution in [0.25, 0.3) is 11.5 Å². The van der Waals surface area contributed by atoms with Gasteiger partial charge in [-0.05, 0) is 43.3 Å². The summed E-state index contributed by atoms with van der Waals surface area (Å²) in [7, 11) is -0.600. The largest absolute Gasteiger partial charge is 0.419 e. The highest BCUT2D eigenvalue weighted by Crippen LogP contribution is 2.33. The summed E-state index contributed by atoms with van der Waals surface area (Å²) in [5.74, 6) is -0.170. The molecule has 1 heterocycles. The SMILES string of the molecule is Cc1ccc(-c2nc(S(=O)(=O)c3ccc(F)cc3)c(N(C)C)o2)cc1. The maximum absolute atomic E-state index is 13.1. The van der Waals surface area contributed by atoms with E-state index in [-0.39, 0.29) is 21.7 Å². The highest BCUT2D eigenvalue weighted by molar-refractivity contribution is 7.91. The summed E-state index contributed by atoms with van der Waals surface area (Å²) in [5, 5.41) is -0.195. The predicted octanol–water partition coefficient (Wildman–Crippen LogP) is 3.69. The molecule has 130 valence electrons. The van der Waals surface area contributed by atoms with E-state index in [1.807, 2.05) is 31.2 Å². The minimum absolute atomic E-state index is 0.0410. The number of nitrogens with zero attached hydrogens (tertiary/aromatic N) is 2. The molecule has 0 saturated heterocycles. The Bertz CT molecular complexity index is 992. The van der Waals surface area contributed by atoms with Crippen LogP contribution in [0.15, 0.2) is 62.9 Å². The average Bonchev–Trinajstić information content (AvgIpc) is 3.02. The number of sulfone groups is 1. The van der Waals surface area contributed by atoms with Crippen LogP contribution < -0.4 is 4.90 Å². The molecule has 3 aromatic rings. The van der Waals surface area contributed by atoms with Crippen LogP contribution in [0.3, 0.4) is 0 Å². The Kier molecular flexibility index (Phi) is 4.34. The average molecular weight is 360 g/mol. The molecule has 25 heavy (non-hydrogen) atoms. The van der Waals surface area contributed by atoms with Crippen LogP contribution in [-0.4, -0.2) is 27.5 Å². The molecular formula is C18H17FN2O3S. The lowest BCUT2D eigenvalue weighted by molar-refractivity contribution is 0.564. The van der Waals surface area contributed by atoms with Gasteiger partial charge in [0.15, 0.2) is 0 Å². The zero-order valence-corrected chi connectivity index (χ0v) is 14.8. The summed E-state index contributed by atoms with van der Waals surface area (Å²) in [6, 6.07) is 12.0. The number of aryl methyl sites for hydroxylation is 1. The first kappa shape index (κ1) is 17.2. The smallest absolute Gasteiger partial charge is 0.235 e. The normalized spacial score (nSPS) is 11.5. The summed E-state index contributed by atoms with van der Waals surface area (Å²) in [4.78, 5) is 5.71. The van der Waals surface area contributed by atoms with Crippen molar-refractivity contribution in [1.29, 1.82) is 0 Å². The summed E-state index contributed by atoms with van der Waals surface area (Å²) >= 11 is 0. The van der Waals surface area contributed by atoms with Crippen LogP contribution in [0, 0.1) is 12.7 Å². The van der Waals surface area contributed by atoms with Gasteiger partial charge >= 0.3 is 0 Å². The van der Waals surface area contributed by atoms with Crippen LogP contribution >= 0.6 is 0 Å². The molecule has 0 aliphatic carbocycles. The predicted molar refractivity (Wildman–Crippen MR) is 92.9 cm³/mol. The Morgan fingerprint density at radius 1 is 1.00 bits per heavy atom. The van der Waals surface area contributed by atoms with Gasteiger partial charge < -0.3 is 9.32 Å². The number of hydrogen-bond donors (Lipinski definition) is 0. The molecule has 7 heteroatoms. The Morgan fingerprint density at radius 3 is 2.16 bits per heavy atom. The third-order valence-electron chi connectivity index (χ3n) is 3.66. The Hall–Kier alpha value is -2.67. The van der Waals surface area contributed by atoms with Crippen molar-refractivity contribution in [3.05, 3.63) is 59.9 Å². The minimum Gasteiger partial charge on any atom is -0.419 e. The molecule has 0 aliphatic heterocycles. The molecule has 0 saturated carbocycles. The van der Waals surface area contributed by atoms with E-state index in [4.69, 9.17) is 4.42 Å². The molecule has 0 bridgehead atoms. The van der Waals surface area contributed by atoms with Gasteiger partial charge in [0, 0.05) is 19.7 Å². The van der Waals surface area contributed by atoms with Crippen molar-refractivity contribution in [3.8, 4) is 11.5 Å². The molecule has 0 atom stereocenters. The van der Waals surface area contributed by atoms with Crippen molar-refractivity contribution < 1.29 is 17.2 Å². The van der Waals surface area contributed by atoms with E-state index in [2.05, 4.69) is 4.98 Å². The molecule has 3 rings (SSSR count). The topological polar surface area (TPSA) is 63.4 Å². The molecule has 2 aromatic carbocycles. The van der Waals surface area contributed by atoms with Gasteiger partial charge in [-0.3, -0.25) is 0 Å².